The topological polar surface area (TPSA) is 52.6 Å². The van der Waals surface area contributed by atoms with Gasteiger partial charge in [-0.2, -0.15) is 0 Å². The molecule has 0 saturated carbocycles. The predicted octanol–water partition coefficient (Wildman–Crippen LogP) is 1.20. The van der Waals surface area contributed by atoms with E-state index in [9.17, 15) is 9.59 Å². The third-order valence-corrected chi connectivity index (χ3v) is 1.95. The van der Waals surface area contributed by atoms with Crippen LogP contribution in [0.5, 0.6) is 0 Å². The molecule has 0 aliphatic heterocycles. The number of hydrogen-bond donors (Lipinski definition) is 0. The SMILES string of the molecule is CC(=O)O[C@H]1CC=CC[C@H]1OC(C)=O. The minimum Gasteiger partial charge on any atom is -0.458 e. The van der Waals surface area contributed by atoms with Gasteiger partial charge in [-0.15, -0.1) is 0 Å². The summed E-state index contributed by atoms with van der Waals surface area (Å²) in [6, 6.07) is 0. The molecule has 1 aliphatic rings. The molecule has 0 saturated heterocycles. The van der Waals surface area contributed by atoms with Gasteiger partial charge in [0.25, 0.3) is 0 Å². The molecule has 0 aromatic rings. The highest BCUT2D eigenvalue weighted by molar-refractivity contribution is 5.67. The molecule has 0 spiro atoms. The molecule has 0 aromatic carbocycles. The summed E-state index contributed by atoms with van der Waals surface area (Å²) in [7, 11) is 0. The third kappa shape index (κ3) is 3.20. The van der Waals surface area contributed by atoms with E-state index in [1.807, 2.05) is 12.2 Å². The number of esters is 2. The van der Waals surface area contributed by atoms with Crippen molar-refractivity contribution in [3.05, 3.63) is 12.2 Å². The number of rotatable bonds is 2. The molecule has 0 aromatic heterocycles. The van der Waals surface area contributed by atoms with E-state index in [0.29, 0.717) is 12.8 Å². The molecule has 0 heterocycles. The Hall–Kier alpha value is -1.32. The Kier molecular flexibility index (Phi) is 3.68. The van der Waals surface area contributed by atoms with E-state index in [0.717, 1.165) is 0 Å². The zero-order valence-electron chi connectivity index (χ0n) is 8.36. The Balaban J connectivity index is 2.55. The summed E-state index contributed by atoms with van der Waals surface area (Å²) in [6.07, 6.45) is 4.40. The highest BCUT2D eigenvalue weighted by atomic mass is 16.6. The molecule has 1 aliphatic carbocycles. The Morgan fingerprint density at radius 1 is 1.00 bits per heavy atom. The molecule has 0 fully saturated rings. The van der Waals surface area contributed by atoms with E-state index < -0.39 is 0 Å². The molecule has 1 rings (SSSR count). The van der Waals surface area contributed by atoms with E-state index in [4.69, 9.17) is 9.47 Å². The van der Waals surface area contributed by atoms with Crippen molar-refractivity contribution in [3.8, 4) is 0 Å². The Morgan fingerprint density at radius 2 is 1.36 bits per heavy atom. The van der Waals surface area contributed by atoms with E-state index in [-0.39, 0.29) is 24.1 Å². The smallest absolute Gasteiger partial charge is 0.303 e. The van der Waals surface area contributed by atoms with Crippen molar-refractivity contribution in [2.75, 3.05) is 0 Å². The van der Waals surface area contributed by atoms with Crippen molar-refractivity contribution >= 4 is 11.9 Å². The Labute approximate surface area is 82.9 Å². The average molecular weight is 198 g/mol. The van der Waals surface area contributed by atoms with Crippen LogP contribution in [0.15, 0.2) is 12.2 Å². The molecule has 0 bridgehead atoms. The molecule has 4 heteroatoms. The Morgan fingerprint density at radius 3 is 1.64 bits per heavy atom. The lowest BCUT2D eigenvalue weighted by molar-refractivity contribution is -0.165. The van der Waals surface area contributed by atoms with Gasteiger partial charge in [0.15, 0.2) is 0 Å². The molecule has 4 nitrogen and oxygen atoms in total. The molecule has 2 atom stereocenters. The summed E-state index contributed by atoms with van der Waals surface area (Å²) in [5.74, 6) is -0.690. The second kappa shape index (κ2) is 4.79. The van der Waals surface area contributed by atoms with Crippen LogP contribution in [0, 0.1) is 0 Å². The van der Waals surface area contributed by atoms with Gasteiger partial charge in [0, 0.05) is 26.7 Å². The maximum Gasteiger partial charge on any atom is 0.303 e. The second-order valence-corrected chi connectivity index (χ2v) is 3.24. The van der Waals surface area contributed by atoms with Crippen LogP contribution in [0.2, 0.25) is 0 Å². The molecule has 0 radical (unpaired) electrons. The molecule has 78 valence electrons. The van der Waals surface area contributed by atoms with Gasteiger partial charge in [-0.05, 0) is 0 Å². The normalized spacial score (nSPS) is 25.6. The van der Waals surface area contributed by atoms with Gasteiger partial charge in [0.2, 0.25) is 0 Å². The van der Waals surface area contributed by atoms with Crippen LogP contribution in [0.25, 0.3) is 0 Å². The van der Waals surface area contributed by atoms with Crippen molar-refractivity contribution < 1.29 is 19.1 Å². The summed E-state index contributed by atoms with van der Waals surface area (Å²) in [5.41, 5.74) is 0. The first-order valence-corrected chi connectivity index (χ1v) is 4.59. The molecule has 0 N–H and O–H groups in total. The lowest BCUT2D eigenvalue weighted by Gasteiger charge is -2.27. The van der Waals surface area contributed by atoms with E-state index in [2.05, 4.69) is 0 Å². The minimum atomic E-state index is -0.345. The fourth-order valence-electron chi connectivity index (χ4n) is 1.44. The highest BCUT2D eigenvalue weighted by Gasteiger charge is 2.27. The first-order chi connectivity index (χ1) is 6.59. The summed E-state index contributed by atoms with van der Waals surface area (Å²) >= 11 is 0. The minimum absolute atomic E-state index is 0.332. The van der Waals surface area contributed by atoms with Gasteiger partial charge in [0.05, 0.1) is 0 Å². The lowest BCUT2D eigenvalue weighted by Crippen LogP contribution is -2.35. The zero-order chi connectivity index (χ0) is 10.6. The van der Waals surface area contributed by atoms with Crippen molar-refractivity contribution in [3.63, 3.8) is 0 Å². The standard InChI is InChI=1S/C10H14O4/c1-7(11)13-9-5-3-4-6-10(9)14-8(2)12/h3-4,9-10H,5-6H2,1-2H3/t9-,10+. The van der Waals surface area contributed by atoms with Crippen LogP contribution in [0.3, 0.4) is 0 Å². The van der Waals surface area contributed by atoms with Crippen LogP contribution in [-0.4, -0.2) is 24.1 Å². The fourth-order valence-corrected chi connectivity index (χ4v) is 1.44. The largest absolute Gasteiger partial charge is 0.458 e. The lowest BCUT2D eigenvalue weighted by atomic mass is 10.0. The van der Waals surface area contributed by atoms with Crippen LogP contribution >= 0.6 is 0 Å². The van der Waals surface area contributed by atoms with Gasteiger partial charge >= 0.3 is 11.9 Å². The number of carbonyl (C=O) groups is 2. The molecular formula is C10H14O4. The van der Waals surface area contributed by atoms with Crippen molar-refractivity contribution in [2.24, 2.45) is 0 Å². The third-order valence-electron chi connectivity index (χ3n) is 1.95. The van der Waals surface area contributed by atoms with Crippen LogP contribution in [-0.2, 0) is 19.1 Å². The van der Waals surface area contributed by atoms with Gasteiger partial charge in [-0.3, -0.25) is 9.59 Å². The van der Waals surface area contributed by atoms with Crippen LogP contribution < -0.4 is 0 Å². The Bertz CT molecular complexity index is 231. The predicted molar refractivity (Wildman–Crippen MR) is 49.5 cm³/mol. The van der Waals surface area contributed by atoms with Crippen molar-refractivity contribution in [1.82, 2.24) is 0 Å². The highest BCUT2D eigenvalue weighted by Crippen LogP contribution is 2.18. The molecule has 14 heavy (non-hydrogen) atoms. The first kappa shape index (κ1) is 10.8. The first-order valence-electron chi connectivity index (χ1n) is 4.59. The van der Waals surface area contributed by atoms with Gasteiger partial charge in [-0.1, -0.05) is 12.2 Å². The number of ether oxygens (including phenoxy) is 2. The van der Waals surface area contributed by atoms with Gasteiger partial charge in [-0.25, -0.2) is 0 Å². The summed E-state index contributed by atoms with van der Waals surface area (Å²) in [5, 5.41) is 0. The summed E-state index contributed by atoms with van der Waals surface area (Å²) in [6.45, 7) is 2.70. The maximum atomic E-state index is 10.8. The molecule has 0 unspecified atom stereocenters. The van der Waals surface area contributed by atoms with Crippen LogP contribution in [0.4, 0.5) is 0 Å². The van der Waals surface area contributed by atoms with Crippen molar-refractivity contribution in [2.45, 2.75) is 38.9 Å². The maximum absolute atomic E-state index is 10.8. The van der Waals surface area contributed by atoms with Crippen molar-refractivity contribution in [1.29, 1.82) is 0 Å². The monoisotopic (exact) mass is 198 g/mol. The number of carbonyl (C=O) groups excluding carboxylic acids is 2. The summed E-state index contributed by atoms with van der Waals surface area (Å²) < 4.78 is 10.1. The molecule has 0 amide bonds. The molecular weight excluding hydrogens is 184 g/mol. The van der Waals surface area contributed by atoms with Gasteiger partial charge < -0.3 is 9.47 Å². The van der Waals surface area contributed by atoms with E-state index in [1.165, 1.54) is 13.8 Å². The quantitative estimate of drug-likeness (QED) is 0.494. The van der Waals surface area contributed by atoms with Gasteiger partial charge in [0.1, 0.15) is 12.2 Å². The average Bonchev–Trinajstić information content (AvgIpc) is 2.06. The summed E-state index contributed by atoms with van der Waals surface area (Å²) in [4.78, 5) is 21.5. The van der Waals surface area contributed by atoms with E-state index >= 15 is 0 Å². The number of hydrogen-bond acceptors (Lipinski definition) is 4. The fraction of sp³-hybridized carbons (Fsp3) is 0.600. The second-order valence-electron chi connectivity index (χ2n) is 3.24. The van der Waals surface area contributed by atoms with E-state index in [1.54, 1.807) is 0 Å². The van der Waals surface area contributed by atoms with Crippen LogP contribution in [0.1, 0.15) is 26.7 Å². The zero-order valence-corrected chi connectivity index (χ0v) is 8.36.